The molecule has 0 spiro atoms. The molecule has 0 bridgehead atoms. The van der Waals surface area contributed by atoms with Gasteiger partial charge in [0, 0.05) is 22.8 Å². The van der Waals surface area contributed by atoms with Gasteiger partial charge in [-0.3, -0.25) is 0 Å². The van der Waals surface area contributed by atoms with Crippen LogP contribution in [0.5, 0.6) is 0 Å². The number of hydrogen-bond donors (Lipinski definition) is 3. The maximum Gasteiger partial charge on any atom is 0.336 e. The fraction of sp³-hybridized carbons (Fsp3) is 0. The van der Waals surface area contributed by atoms with Crippen molar-refractivity contribution in [3.05, 3.63) is 90.1 Å². The third-order valence-corrected chi connectivity index (χ3v) is 4.23. The molecule has 0 aliphatic rings. The molecular weight excluding hydrogens is 338 g/mol. The van der Waals surface area contributed by atoms with E-state index in [4.69, 9.17) is 0 Å². The summed E-state index contributed by atoms with van der Waals surface area (Å²) in [6.45, 7) is 0. The van der Waals surface area contributed by atoms with Crippen LogP contribution in [0.4, 0.5) is 11.5 Å². The number of nitrogens with one attached hydrogen (secondary N) is 2. The standard InChI is InChI=1S/C22H17N3O2/c26-22(27)19(15-7-3-1-4-8-15)13-16-14-23-21-18(16)11-12-20(25-21)24-17-9-5-2-6-10-17/h1-14H,(H,26,27)(H2,23,24,25)/b19-13+. The zero-order chi connectivity index (χ0) is 18.6. The molecule has 2 aromatic carbocycles. The van der Waals surface area contributed by atoms with Crippen LogP contribution in [-0.2, 0) is 4.79 Å². The number of nitrogens with zero attached hydrogens (tertiary/aromatic N) is 1. The largest absolute Gasteiger partial charge is 0.478 e. The Morgan fingerprint density at radius 1 is 0.963 bits per heavy atom. The summed E-state index contributed by atoms with van der Waals surface area (Å²) in [5, 5.41) is 13.7. The molecule has 3 N–H and O–H groups in total. The Hall–Kier alpha value is -3.86. The number of pyridine rings is 1. The van der Waals surface area contributed by atoms with Gasteiger partial charge in [-0.05, 0) is 35.9 Å². The first-order valence-electron chi connectivity index (χ1n) is 8.51. The number of fused-ring (bicyclic) bond motifs is 1. The van der Waals surface area contributed by atoms with Crippen LogP contribution < -0.4 is 5.32 Å². The maximum absolute atomic E-state index is 11.7. The molecule has 0 fully saturated rings. The number of benzene rings is 2. The lowest BCUT2D eigenvalue weighted by atomic mass is 10.0. The van der Waals surface area contributed by atoms with Gasteiger partial charge in [0.1, 0.15) is 11.5 Å². The average molecular weight is 355 g/mol. The summed E-state index contributed by atoms with van der Waals surface area (Å²) in [6.07, 6.45) is 3.44. The summed E-state index contributed by atoms with van der Waals surface area (Å²) in [4.78, 5) is 19.4. The number of carbonyl (C=O) groups is 1. The zero-order valence-electron chi connectivity index (χ0n) is 14.4. The topological polar surface area (TPSA) is 78.0 Å². The lowest BCUT2D eigenvalue weighted by molar-refractivity contribution is -0.130. The van der Waals surface area contributed by atoms with Crippen molar-refractivity contribution in [2.75, 3.05) is 5.32 Å². The lowest BCUT2D eigenvalue weighted by Gasteiger charge is -2.05. The molecule has 4 aromatic rings. The number of H-pyrrole nitrogens is 1. The summed E-state index contributed by atoms with van der Waals surface area (Å²) < 4.78 is 0. The molecule has 0 unspecified atom stereocenters. The van der Waals surface area contributed by atoms with Crippen molar-refractivity contribution in [3.63, 3.8) is 0 Å². The molecule has 0 aliphatic carbocycles. The number of aromatic nitrogens is 2. The molecule has 2 aromatic heterocycles. The molecule has 2 heterocycles. The van der Waals surface area contributed by atoms with E-state index in [1.165, 1.54) is 0 Å². The van der Waals surface area contributed by atoms with Gasteiger partial charge in [0.2, 0.25) is 0 Å². The number of rotatable bonds is 5. The van der Waals surface area contributed by atoms with Gasteiger partial charge in [-0.2, -0.15) is 0 Å². The molecule has 0 radical (unpaired) electrons. The summed E-state index contributed by atoms with van der Waals surface area (Å²) in [7, 11) is 0. The van der Waals surface area contributed by atoms with Crippen molar-refractivity contribution in [1.82, 2.24) is 9.97 Å². The normalized spacial score (nSPS) is 11.5. The Kier molecular flexibility index (Phi) is 4.41. The van der Waals surface area contributed by atoms with Gasteiger partial charge in [0.25, 0.3) is 0 Å². The Morgan fingerprint density at radius 2 is 1.67 bits per heavy atom. The second-order valence-corrected chi connectivity index (χ2v) is 6.06. The van der Waals surface area contributed by atoms with E-state index in [1.54, 1.807) is 24.4 Å². The van der Waals surface area contributed by atoms with Crippen molar-refractivity contribution >= 4 is 40.2 Å². The number of anilines is 2. The Bertz CT molecular complexity index is 1120. The van der Waals surface area contributed by atoms with E-state index in [0.717, 1.165) is 16.6 Å². The number of carboxylic acid groups (broad SMARTS) is 1. The molecule has 0 amide bonds. The quantitative estimate of drug-likeness (QED) is 0.444. The molecule has 0 atom stereocenters. The van der Waals surface area contributed by atoms with Crippen LogP contribution in [0.1, 0.15) is 11.1 Å². The molecule has 132 valence electrons. The first kappa shape index (κ1) is 16.6. The van der Waals surface area contributed by atoms with Gasteiger partial charge < -0.3 is 15.4 Å². The highest BCUT2D eigenvalue weighted by Crippen LogP contribution is 2.25. The van der Waals surface area contributed by atoms with Crippen LogP contribution >= 0.6 is 0 Å². The Balaban J connectivity index is 1.70. The maximum atomic E-state index is 11.7. The summed E-state index contributed by atoms with van der Waals surface area (Å²) in [5.41, 5.74) is 3.33. The van der Waals surface area contributed by atoms with Crippen molar-refractivity contribution in [2.45, 2.75) is 0 Å². The Morgan fingerprint density at radius 3 is 2.37 bits per heavy atom. The average Bonchev–Trinajstić information content (AvgIpc) is 3.09. The molecule has 27 heavy (non-hydrogen) atoms. The predicted molar refractivity (Wildman–Crippen MR) is 108 cm³/mol. The van der Waals surface area contributed by atoms with E-state index in [-0.39, 0.29) is 5.57 Å². The van der Waals surface area contributed by atoms with Gasteiger partial charge in [0.05, 0.1) is 5.57 Å². The van der Waals surface area contributed by atoms with Crippen LogP contribution in [0.25, 0.3) is 22.7 Å². The van der Waals surface area contributed by atoms with Crippen molar-refractivity contribution in [1.29, 1.82) is 0 Å². The van der Waals surface area contributed by atoms with E-state index < -0.39 is 5.97 Å². The van der Waals surface area contributed by atoms with Crippen LogP contribution in [0.3, 0.4) is 0 Å². The van der Waals surface area contributed by atoms with E-state index in [0.29, 0.717) is 17.0 Å². The number of carboxylic acids is 1. The highest BCUT2D eigenvalue weighted by atomic mass is 16.4. The van der Waals surface area contributed by atoms with E-state index in [9.17, 15) is 9.90 Å². The number of aromatic amines is 1. The molecule has 5 heteroatoms. The molecule has 4 rings (SSSR count). The van der Waals surface area contributed by atoms with Gasteiger partial charge in [0.15, 0.2) is 0 Å². The van der Waals surface area contributed by atoms with E-state index in [2.05, 4.69) is 15.3 Å². The SMILES string of the molecule is O=C(O)/C(=C/c1c[nH]c2nc(Nc3ccccc3)ccc12)c1ccccc1. The fourth-order valence-electron chi connectivity index (χ4n) is 2.93. The van der Waals surface area contributed by atoms with Crippen molar-refractivity contribution < 1.29 is 9.90 Å². The molecule has 5 nitrogen and oxygen atoms in total. The highest BCUT2D eigenvalue weighted by Gasteiger charge is 2.12. The Labute approximate surface area is 156 Å². The second kappa shape index (κ2) is 7.17. The van der Waals surface area contributed by atoms with Crippen LogP contribution in [-0.4, -0.2) is 21.0 Å². The lowest BCUT2D eigenvalue weighted by Crippen LogP contribution is -1.99. The minimum Gasteiger partial charge on any atom is -0.478 e. The summed E-state index contributed by atoms with van der Waals surface area (Å²) in [5.74, 6) is -0.251. The van der Waals surface area contributed by atoms with Gasteiger partial charge in [-0.1, -0.05) is 48.5 Å². The van der Waals surface area contributed by atoms with Crippen molar-refractivity contribution in [3.8, 4) is 0 Å². The van der Waals surface area contributed by atoms with Gasteiger partial charge in [-0.15, -0.1) is 0 Å². The van der Waals surface area contributed by atoms with Gasteiger partial charge >= 0.3 is 5.97 Å². The number of aliphatic carboxylic acids is 1. The fourth-order valence-corrected chi connectivity index (χ4v) is 2.93. The number of para-hydroxylation sites is 1. The molecule has 0 saturated heterocycles. The zero-order valence-corrected chi connectivity index (χ0v) is 14.4. The smallest absolute Gasteiger partial charge is 0.336 e. The first-order valence-corrected chi connectivity index (χ1v) is 8.51. The predicted octanol–water partition coefficient (Wildman–Crippen LogP) is 4.93. The third-order valence-electron chi connectivity index (χ3n) is 4.23. The van der Waals surface area contributed by atoms with Crippen molar-refractivity contribution in [2.24, 2.45) is 0 Å². The van der Waals surface area contributed by atoms with E-state index >= 15 is 0 Å². The number of hydrogen-bond acceptors (Lipinski definition) is 3. The minimum absolute atomic E-state index is 0.239. The minimum atomic E-state index is -0.967. The summed E-state index contributed by atoms with van der Waals surface area (Å²) in [6, 6.07) is 22.7. The molecule has 0 aliphatic heterocycles. The van der Waals surface area contributed by atoms with E-state index in [1.807, 2.05) is 60.7 Å². The third kappa shape index (κ3) is 3.57. The summed E-state index contributed by atoms with van der Waals surface area (Å²) >= 11 is 0. The molecular formula is C22H17N3O2. The monoisotopic (exact) mass is 355 g/mol. The first-order chi connectivity index (χ1) is 13.2. The van der Waals surface area contributed by atoms with Crippen LogP contribution in [0.15, 0.2) is 79.0 Å². The molecule has 0 saturated carbocycles. The van der Waals surface area contributed by atoms with Crippen LogP contribution in [0, 0.1) is 0 Å². The van der Waals surface area contributed by atoms with Crippen LogP contribution in [0.2, 0.25) is 0 Å². The van der Waals surface area contributed by atoms with Gasteiger partial charge in [-0.25, -0.2) is 9.78 Å². The second-order valence-electron chi connectivity index (χ2n) is 6.06. The highest BCUT2D eigenvalue weighted by molar-refractivity contribution is 6.21.